The molecule has 200 valence electrons. The summed E-state index contributed by atoms with van der Waals surface area (Å²) in [6, 6.07) is 18.9. The van der Waals surface area contributed by atoms with Crippen LogP contribution in [0, 0.1) is 5.82 Å². The van der Waals surface area contributed by atoms with Gasteiger partial charge in [0, 0.05) is 23.4 Å². The Morgan fingerprint density at radius 3 is 2.59 bits per heavy atom. The van der Waals surface area contributed by atoms with Crippen molar-refractivity contribution in [1.82, 2.24) is 9.88 Å². The summed E-state index contributed by atoms with van der Waals surface area (Å²) in [7, 11) is 0. The molecule has 1 fully saturated rings. The van der Waals surface area contributed by atoms with Crippen molar-refractivity contribution in [2.24, 2.45) is 0 Å². The van der Waals surface area contributed by atoms with Gasteiger partial charge in [0.25, 0.3) is 5.91 Å². The molecule has 3 heterocycles. The van der Waals surface area contributed by atoms with E-state index in [1.165, 1.54) is 18.2 Å². The number of carbonyl (C=O) groups is 2. The van der Waals surface area contributed by atoms with Crippen molar-refractivity contribution < 1.29 is 23.5 Å². The number of aromatic amines is 1. The minimum absolute atomic E-state index is 0.214. The Labute approximate surface area is 226 Å². The van der Waals surface area contributed by atoms with Crippen LogP contribution in [0.1, 0.15) is 49.9 Å². The van der Waals surface area contributed by atoms with E-state index in [1.54, 1.807) is 17.9 Å². The average Bonchev–Trinajstić information content (AvgIpc) is 3.42. The number of benzene rings is 3. The minimum atomic E-state index is -1.28. The predicted molar refractivity (Wildman–Crippen MR) is 147 cm³/mol. The Kier molecular flexibility index (Phi) is 6.05. The lowest BCUT2D eigenvalue weighted by molar-refractivity contribution is -0.125. The number of amides is 3. The summed E-state index contributed by atoms with van der Waals surface area (Å²) in [6.45, 7) is 7.07. The number of ether oxygens (including phenoxy) is 2. The molecule has 3 amide bonds. The number of hydrogen-bond acceptors (Lipinski definition) is 4. The second-order valence-electron chi connectivity index (χ2n) is 10.1. The van der Waals surface area contributed by atoms with E-state index in [4.69, 9.17) is 9.47 Å². The first-order valence-electron chi connectivity index (χ1n) is 13.3. The van der Waals surface area contributed by atoms with Crippen molar-refractivity contribution in [3.63, 3.8) is 0 Å². The van der Waals surface area contributed by atoms with Crippen LogP contribution < -0.4 is 14.4 Å². The molecule has 8 heteroatoms. The van der Waals surface area contributed by atoms with Gasteiger partial charge in [0.15, 0.2) is 17.0 Å². The number of H-pyrrole nitrogens is 1. The zero-order valence-corrected chi connectivity index (χ0v) is 22.2. The van der Waals surface area contributed by atoms with Gasteiger partial charge in [0.05, 0.1) is 24.6 Å². The van der Waals surface area contributed by atoms with Gasteiger partial charge in [-0.05, 0) is 67.8 Å². The molecule has 1 saturated heterocycles. The third-order valence-corrected chi connectivity index (χ3v) is 7.73. The highest BCUT2D eigenvalue weighted by molar-refractivity contribution is 6.23. The summed E-state index contributed by atoms with van der Waals surface area (Å²) in [5, 5.41) is 0.993. The van der Waals surface area contributed by atoms with Crippen LogP contribution in [0.15, 0.2) is 66.7 Å². The van der Waals surface area contributed by atoms with Crippen LogP contribution in [0.25, 0.3) is 10.9 Å². The van der Waals surface area contributed by atoms with Gasteiger partial charge in [-0.2, -0.15) is 0 Å². The molecule has 1 N–H and O–H groups in total. The Morgan fingerprint density at radius 2 is 1.82 bits per heavy atom. The molecule has 6 rings (SSSR count). The van der Waals surface area contributed by atoms with Gasteiger partial charge < -0.3 is 19.4 Å². The smallest absolute Gasteiger partial charge is 0.332 e. The van der Waals surface area contributed by atoms with Crippen LogP contribution in [0.3, 0.4) is 0 Å². The highest BCUT2D eigenvalue weighted by atomic mass is 19.1. The second kappa shape index (κ2) is 9.45. The van der Waals surface area contributed by atoms with Gasteiger partial charge in [0.1, 0.15) is 5.82 Å². The monoisotopic (exact) mass is 527 g/mol. The molecule has 7 nitrogen and oxygen atoms in total. The minimum Gasteiger partial charge on any atom is -0.490 e. The maximum absolute atomic E-state index is 14.1. The first-order valence-corrected chi connectivity index (χ1v) is 13.3. The van der Waals surface area contributed by atoms with E-state index in [9.17, 15) is 14.0 Å². The number of imide groups is 1. The Morgan fingerprint density at radius 1 is 1.00 bits per heavy atom. The Hall–Kier alpha value is -4.33. The quantitative estimate of drug-likeness (QED) is 0.285. The van der Waals surface area contributed by atoms with Crippen LogP contribution >= 0.6 is 0 Å². The zero-order valence-electron chi connectivity index (χ0n) is 22.2. The lowest BCUT2D eigenvalue weighted by Crippen LogP contribution is -2.50. The van der Waals surface area contributed by atoms with Crippen LogP contribution in [-0.4, -0.2) is 41.6 Å². The topological polar surface area (TPSA) is 74.9 Å². The van der Waals surface area contributed by atoms with Crippen LogP contribution in [0.2, 0.25) is 0 Å². The Balaban J connectivity index is 1.52. The molecule has 2 aliphatic rings. The fourth-order valence-electron chi connectivity index (χ4n) is 5.87. The number of carbonyl (C=O) groups excluding carboxylic acids is 2. The van der Waals surface area contributed by atoms with Crippen molar-refractivity contribution >= 4 is 28.5 Å². The number of nitrogens with one attached hydrogen (secondary N) is 1. The lowest BCUT2D eigenvalue weighted by Gasteiger charge is -2.40. The van der Waals surface area contributed by atoms with Gasteiger partial charge >= 0.3 is 6.03 Å². The number of para-hydroxylation sites is 1. The van der Waals surface area contributed by atoms with Crippen molar-refractivity contribution in [3.05, 3.63) is 89.4 Å². The van der Waals surface area contributed by atoms with E-state index in [0.29, 0.717) is 30.4 Å². The molecular formula is C31H30FN3O4. The van der Waals surface area contributed by atoms with Crippen molar-refractivity contribution in [3.8, 4) is 11.5 Å². The molecule has 0 saturated carbocycles. The molecule has 2 atom stereocenters. The number of hydrogen-bond donors (Lipinski definition) is 1. The molecule has 0 spiro atoms. The summed E-state index contributed by atoms with van der Waals surface area (Å²) in [4.78, 5) is 34.1. The highest BCUT2D eigenvalue weighted by Crippen LogP contribution is 2.51. The Bertz CT molecular complexity index is 1600. The molecule has 1 aromatic heterocycles. The third kappa shape index (κ3) is 3.77. The zero-order chi connectivity index (χ0) is 27.3. The predicted octanol–water partition coefficient (Wildman–Crippen LogP) is 6.32. The van der Waals surface area contributed by atoms with Gasteiger partial charge in [-0.1, -0.05) is 37.3 Å². The summed E-state index contributed by atoms with van der Waals surface area (Å²) in [5.74, 6) is 0.145. The number of urea groups is 1. The van der Waals surface area contributed by atoms with Crippen molar-refractivity contribution in [2.75, 3.05) is 24.7 Å². The van der Waals surface area contributed by atoms with Crippen LogP contribution in [0.4, 0.5) is 14.9 Å². The largest absolute Gasteiger partial charge is 0.490 e. The normalized spacial score (nSPS) is 20.4. The second-order valence-corrected chi connectivity index (χ2v) is 10.1. The fourth-order valence-corrected chi connectivity index (χ4v) is 5.87. The third-order valence-electron chi connectivity index (χ3n) is 7.73. The summed E-state index contributed by atoms with van der Waals surface area (Å²) >= 11 is 0. The molecule has 3 aromatic carbocycles. The first kappa shape index (κ1) is 25.0. The number of anilines is 1. The lowest BCUT2D eigenvalue weighted by atomic mass is 9.78. The van der Waals surface area contributed by atoms with Gasteiger partial charge in [-0.3, -0.25) is 4.79 Å². The standard InChI is InChI=1S/C31H30FN3O4/c1-4-15-39-25-14-13-19(16-26(25)38-5-2)23-18-34-30(37)35(21-10-8-9-20(32)17-21)29(36)31(34,3)28-27(23)22-11-6-7-12-24(22)33-28/h6-14,16-17,23,33H,4-5,15,18H2,1-3H3/t23-,31+/m1/s1. The number of rotatable bonds is 7. The number of halogens is 1. The van der Waals surface area contributed by atoms with E-state index < -0.39 is 23.3 Å². The van der Waals surface area contributed by atoms with Gasteiger partial charge in [-0.25, -0.2) is 14.1 Å². The van der Waals surface area contributed by atoms with E-state index in [0.717, 1.165) is 33.4 Å². The SMILES string of the molecule is CCCOc1ccc([C@H]2CN3C(=O)N(c4cccc(F)c4)C(=O)[C@]3(C)c3[nH]c4ccccc4c32)cc1OCC. The fraction of sp³-hybridized carbons (Fsp3) is 0.290. The highest BCUT2D eigenvalue weighted by Gasteiger charge is 2.60. The van der Waals surface area contributed by atoms with E-state index >= 15 is 0 Å². The van der Waals surface area contributed by atoms with Crippen LogP contribution in [0.5, 0.6) is 11.5 Å². The molecule has 2 aliphatic heterocycles. The van der Waals surface area contributed by atoms with E-state index in [1.807, 2.05) is 56.3 Å². The molecular weight excluding hydrogens is 497 g/mol. The summed E-state index contributed by atoms with van der Waals surface area (Å²) < 4.78 is 26.0. The average molecular weight is 528 g/mol. The summed E-state index contributed by atoms with van der Waals surface area (Å²) in [5.41, 5.74) is 2.40. The van der Waals surface area contributed by atoms with E-state index in [2.05, 4.69) is 4.98 Å². The number of aromatic nitrogens is 1. The number of fused-ring (bicyclic) bond motifs is 5. The molecule has 0 aliphatic carbocycles. The molecule has 0 bridgehead atoms. The molecule has 0 unspecified atom stereocenters. The maximum atomic E-state index is 14.1. The van der Waals surface area contributed by atoms with Crippen molar-refractivity contribution in [1.29, 1.82) is 0 Å². The van der Waals surface area contributed by atoms with Gasteiger partial charge in [0.2, 0.25) is 0 Å². The maximum Gasteiger partial charge on any atom is 0.332 e. The first-order chi connectivity index (χ1) is 18.9. The van der Waals surface area contributed by atoms with Crippen molar-refractivity contribution in [2.45, 2.75) is 38.6 Å². The number of nitrogens with zero attached hydrogens (tertiary/aromatic N) is 2. The summed E-state index contributed by atoms with van der Waals surface area (Å²) in [6.07, 6.45) is 0.875. The van der Waals surface area contributed by atoms with Gasteiger partial charge in [-0.15, -0.1) is 0 Å². The van der Waals surface area contributed by atoms with E-state index in [-0.39, 0.29) is 18.2 Å². The molecule has 39 heavy (non-hydrogen) atoms. The molecule has 4 aromatic rings. The molecule has 0 radical (unpaired) electrons. The van der Waals surface area contributed by atoms with Crippen LogP contribution in [-0.2, 0) is 10.3 Å².